The highest BCUT2D eigenvalue weighted by Gasteiger charge is 2.34. The van der Waals surface area contributed by atoms with Gasteiger partial charge in [-0.1, -0.05) is 18.2 Å². The van der Waals surface area contributed by atoms with Crippen LogP contribution < -0.4 is 19.5 Å². The number of esters is 1. The molecule has 244 valence electrons. The second kappa shape index (κ2) is 14.9. The number of carboxylic acid groups (broad SMARTS) is 1. The monoisotopic (exact) mass is 651 g/mol. The van der Waals surface area contributed by atoms with Crippen molar-refractivity contribution >= 4 is 29.4 Å². The molecule has 0 radical (unpaired) electrons. The van der Waals surface area contributed by atoms with Crippen LogP contribution in [0.2, 0.25) is 0 Å². The number of anilines is 1. The summed E-state index contributed by atoms with van der Waals surface area (Å²) in [5.74, 6) is -3.01. The quantitative estimate of drug-likeness (QED) is 0.155. The largest absolute Gasteiger partial charge is 0.497 e. The van der Waals surface area contributed by atoms with Gasteiger partial charge in [-0.25, -0.2) is 9.78 Å². The molecule has 0 spiro atoms. The van der Waals surface area contributed by atoms with Gasteiger partial charge in [0.25, 0.3) is 5.91 Å². The van der Waals surface area contributed by atoms with Gasteiger partial charge in [0.1, 0.15) is 23.6 Å². The van der Waals surface area contributed by atoms with Crippen molar-refractivity contribution in [3.8, 4) is 17.4 Å². The predicted molar refractivity (Wildman–Crippen MR) is 161 cm³/mol. The molecule has 0 aliphatic rings. The Morgan fingerprint density at radius 3 is 2.19 bits per heavy atom. The first kappa shape index (κ1) is 34.0. The zero-order valence-corrected chi connectivity index (χ0v) is 25.0. The smallest absolute Gasteiger partial charge is 0.416 e. The van der Waals surface area contributed by atoms with Crippen molar-refractivity contribution in [2.75, 3.05) is 26.1 Å². The Bertz CT molecular complexity index is 1760. The number of rotatable bonds is 12. The molecule has 2 amide bonds. The highest BCUT2D eigenvalue weighted by atomic mass is 19.4. The standard InChI is InChI=1S/C33H28F3N3O8/c1-45-25-14-9-22(27(17-25)33(34,35)36)16-28(40)38-23-10-7-21(8-11-23)31(43)39(19-29(41)42)18-20-5-12-24(13-6-20)47-32(44)26-4-3-15-37-30(26)46-2/h3-15,17H,16,18-19H2,1-2H3,(H,38,40)(H,41,42). The number of aromatic nitrogens is 1. The minimum absolute atomic E-state index is 0.000582. The third-order valence-electron chi connectivity index (χ3n) is 6.69. The summed E-state index contributed by atoms with van der Waals surface area (Å²) in [5, 5.41) is 11.9. The maximum absolute atomic E-state index is 13.5. The fourth-order valence-electron chi connectivity index (χ4n) is 4.47. The van der Waals surface area contributed by atoms with Crippen molar-refractivity contribution in [3.63, 3.8) is 0 Å². The van der Waals surface area contributed by atoms with Gasteiger partial charge in [-0.3, -0.25) is 14.4 Å². The van der Waals surface area contributed by atoms with Gasteiger partial charge in [0.15, 0.2) is 0 Å². The molecule has 0 saturated carbocycles. The minimum atomic E-state index is -4.70. The first-order valence-electron chi connectivity index (χ1n) is 13.8. The molecule has 0 bridgehead atoms. The summed E-state index contributed by atoms with van der Waals surface area (Å²) >= 11 is 0. The number of carbonyl (C=O) groups excluding carboxylic acids is 3. The van der Waals surface area contributed by atoms with E-state index in [4.69, 9.17) is 14.2 Å². The summed E-state index contributed by atoms with van der Waals surface area (Å²) in [7, 11) is 2.60. The van der Waals surface area contributed by atoms with Crippen molar-refractivity contribution < 1.29 is 51.7 Å². The van der Waals surface area contributed by atoms with Gasteiger partial charge in [-0.2, -0.15) is 13.2 Å². The minimum Gasteiger partial charge on any atom is -0.497 e. The summed E-state index contributed by atoms with van der Waals surface area (Å²) in [6.45, 7) is -0.726. The van der Waals surface area contributed by atoms with Gasteiger partial charge in [0.2, 0.25) is 11.8 Å². The number of benzene rings is 3. The number of carbonyl (C=O) groups is 4. The number of hydrogen-bond donors (Lipinski definition) is 2. The molecule has 1 aromatic heterocycles. The molecule has 11 nitrogen and oxygen atoms in total. The molecule has 4 rings (SSSR count). The van der Waals surface area contributed by atoms with Crippen molar-refractivity contribution in [2.45, 2.75) is 19.1 Å². The lowest BCUT2D eigenvalue weighted by Crippen LogP contribution is -2.35. The fraction of sp³-hybridized carbons (Fsp3) is 0.182. The van der Waals surface area contributed by atoms with E-state index < -0.39 is 48.5 Å². The number of nitrogens with one attached hydrogen (secondary N) is 1. The van der Waals surface area contributed by atoms with Gasteiger partial charge in [0.05, 0.1) is 26.2 Å². The van der Waals surface area contributed by atoms with Gasteiger partial charge >= 0.3 is 18.1 Å². The van der Waals surface area contributed by atoms with Crippen molar-refractivity contribution in [1.29, 1.82) is 0 Å². The van der Waals surface area contributed by atoms with Gasteiger partial charge in [-0.05, 0) is 71.8 Å². The van der Waals surface area contributed by atoms with E-state index in [1.54, 1.807) is 18.2 Å². The number of methoxy groups -OCH3 is 2. The lowest BCUT2D eigenvalue weighted by Gasteiger charge is -2.21. The van der Waals surface area contributed by atoms with Gasteiger partial charge < -0.3 is 29.5 Å². The van der Waals surface area contributed by atoms with Gasteiger partial charge in [-0.15, -0.1) is 0 Å². The fourth-order valence-corrected chi connectivity index (χ4v) is 4.47. The van der Waals surface area contributed by atoms with E-state index in [2.05, 4.69) is 10.3 Å². The maximum atomic E-state index is 13.5. The number of pyridine rings is 1. The Balaban J connectivity index is 1.40. The predicted octanol–water partition coefficient (Wildman–Crippen LogP) is 5.25. The number of alkyl halides is 3. The Kier molecular flexibility index (Phi) is 10.8. The Labute approximate surface area is 266 Å². The molecule has 0 aliphatic carbocycles. The van der Waals surface area contributed by atoms with Crippen LogP contribution in [0.1, 0.15) is 37.4 Å². The first-order valence-corrected chi connectivity index (χ1v) is 13.8. The van der Waals surface area contributed by atoms with E-state index in [1.807, 2.05) is 0 Å². The molecule has 4 aromatic rings. The summed E-state index contributed by atoms with van der Waals surface area (Å²) in [4.78, 5) is 54.9. The van der Waals surface area contributed by atoms with Crippen molar-refractivity contribution in [3.05, 3.63) is 113 Å². The summed E-state index contributed by atoms with van der Waals surface area (Å²) < 4.78 is 55.8. The second-order valence-electron chi connectivity index (χ2n) is 9.97. The van der Waals surface area contributed by atoms with E-state index in [0.717, 1.165) is 11.0 Å². The average Bonchev–Trinajstić information content (AvgIpc) is 3.04. The van der Waals surface area contributed by atoms with Crippen LogP contribution in [0.3, 0.4) is 0 Å². The lowest BCUT2D eigenvalue weighted by molar-refractivity contribution is -0.139. The molecule has 2 N–H and O–H groups in total. The molecule has 0 atom stereocenters. The normalized spacial score (nSPS) is 10.9. The maximum Gasteiger partial charge on any atom is 0.416 e. The van der Waals surface area contributed by atoms with Crippen LogP contribution in [-0.4, -0.2) is 59.5 Å². The number of aliphatic carboxylic acids is 1. The molecule has 0 saturated heterocycles. The first-order chi connectivity index (χ1) is 22.4. The van der Waals surface area contributed by atoms with E-state index >= 15 is 0 Å². The molecule has 3 aromatic carbocycles. The third kappa shape index (κ3) is 9.06. The summed E-state index contributed by atoms with van der Waals surface area (Å²) in [6, 6.07) is 17.9. The van der Waals surface area contributed by atoms with E-state index in [-0.39, 0.29) is 46.3 Å². The van der Waals surface area contributed by atoms with E-state index in [1.165, 1.54) is 75.0 Å². The number of carboxylic acids is 1. The number of amides is 2. The van der Waals surface area contributed by atoms with Crippen molar-refractivity contribution in [1.82, 2.24) is 9.88 Å². The SMILES string of the molecule is COc1ccc(CC(=O)Nc2ccc(C(=O)N(CC(=O)O)Cc3ccc(OC(=O)c4cccnc4OC)cc3)cc2)c(C(F)(F)F)c1. The van der Waals surface area contributed by atoms with E-state index in [9.17, 15) is 37.5 Å². The molecule has 0 unspecified atom stereocenters. The van der Waals surface area contributed by atoms with E-state index in [0.29, 0.717) is 5.56 Å². The molecule has 0 aliphatic heterocycles. The zero-order chi connectivity index (χ0) is 34.1. The number of ether oxygens (including phenoxy) is 3. The number of halogens is 3. The highest BCUT2D eigenvalue weighted by molar-refractivity contribution is 5.97. The Morgan fingerprint density at radius 2 is 1.57 bits per heavy atom. The Hall–Kier alpha value is -5.92. The van der Waals surface area contributed by atoms with Crippen LogP contribution >= 0.6 is 0 Å². The lowest BCUT2D eigenvalue weighted by atomic mass is 10.0. The van der Waals surface area contributed by atoms with Crippen LogP contribution in [0.4, 0.5) is 18.9 Å². The molecular formula is C33H28F3N3O8. The molecule has 47 heavy (non-hydrogen) atoms. The Morgan fingerprint density at radius 1 is 0.894 bits per heavy atom. The summed E-state index contributed by atoms with van der Waals surface area (Å²) in [6.07, 6.45) is -3.80. The van der Waals surface area contributed by atoms with Crippen LogP contribution in [0.15, 0.2) is 85.1 Å². The molecular weight excluding hydrogens is 623 g/mol. The second-order valence-corrected chi connectivity index (χ2v) is 9.97. The zero-order valence-electron chi connectivity index (χ0n) is 25.0. The van der Waals surface area contributed by atoms with Crippen LogP contribution in [0.5, 0.6) is 17.4 Å². The van der Waals surface area contributed by atoms with Crippen LogP contribution in [0.25, 0.3) is 0 Å². The molecule has 1 heterocycles. The molecule has 0 fully saturated rings. The van der Waals surface area contributed by atoms with Crippen LogP contribution in [-0.2, 0) is 28.7 Å². The van der Waals surface area contributed by atoms with Crippen molar-refractivity contribution in [2.24, 2.45) is 0 Å². The summed E-state index contributed by atoms with van der Waals surface area (Å²) in [5.41, 5.74) is -0.253. The molecule has 14 heteroatoms. The van der Waals surface area contributed by atoms with Gasteiger partial charge in [0, 0.05) is 24.0 Å². The highest BCUT2D eigenvalue weighted by Crippen LogP contribution is 2.35. The topological polar surface area (TPSA) is 144 Å². The number of nitrogens with zero attached hydrogens (tertiary/aromatic N) is 2. The van der Waals surface area contributed by atoms with Crippen LogP contribution in [0, 0.1) is 0 Å². The average molecular weight is 652 g/mol. The number of hydrogen-bond acceptors (Lipinski definition) is 8. The third-order valence-corrected chi connectivity index (χ3v) is 6.69.